The van der Waals surface area contributed by atoms with E-state index < -0.39 is 11.8 Å². The number of carbonyl (C=O) groups excluding carboxylic acids is 1. The van der Waals surface area contributed by atoms with Gasteiger partial charge in [-0.3, -0.25) is 9.20 Å². The highest BCUT2D eigenvalue weighted by Crippen LogP contribution is 2.10. The maximum absolute atomic E-state index is 13.5. The first-order valence-corrected chi connectivity index (χ1v) is 6.96. The van der Waals surface area contributed by atoms with E-state index >= 15 is 0 Å². The van der Waals surface area contributed by atoms with Gasteiger partial charge in [-0.15, -0.1) is 0 Å². The molecule has 2 aromatic heterocycles. The van der Waals surface area contributed by atoms with E-state index in [0.717, 1.165) is 5.56 Å². The number of rotatable bonds is 3. The summed E-state index contributed by atoms with van der Waals surface area (Å²) in [5, 5.41) is 0. The number of fused-ring (bicyclic) bond motifs is 1. The molecule has 116 valence electrons. The second-order valence-electron chi connectivity index (χ2n) is 5.03. The molecule has 3 rings (SSSR count). The van der Waals surface area contributed by atoms with E-state index in [-0.39, 0.29) is 17.7 Å². The molecule has 0 atom stereocenters. The number of carbonyl (C=O) groups is 1. The van der Waals surface area contributed by atoms with Gasteiger partial charge < -0.3 is 4.74 Å². The molecule has 0 aliphatic heterocycles. The van der Waals surface area contributed by atoms with E-state index in [1.807, 2.05) is 13.0 Å². The van der Waals surface area contributed by atoms with E-state index in [0.29, 0.717) is 11.3 Å². The minimum atomic E-state index is -0.796. The number of aryl methyl sites for hydroxylation is 1. The fraction of sp³-hybridized carbons (Fsp3) is 0.118. The number of nitrogens with zero attached hydrogens (tertiary/aromatic N) is 2. The SMILES string of the molecule is Cc1cccn2c(=O)cc(COC(=O)c3ccccc3F)nc12. The number of hydrogen-bond donors (Lipinski definition) is 0. The standard InChI is InChI=1S/C17H13FN2O3/c1-11-5-4-8-20-15(21)9-12(19-16(11)20)10-23-17(22)13-6-2-3-7-14(13)18/h2-9H,10H2,1H3. The summed E-state index contributed by atoms with van der Waals surface area (Å²) in [6, 6.07) is 10.4. The Kier molecular flexibility index (Phi) is 3.89. The van der Waals surface area contributed by atoms with Gasteiger partial charge >= 0.3 is 5.97 Å². The fourth-order valence-electron chi connectivity index (χ4n) is 2.23. The normalized spacial score (nSPS) is 10.7. The topological polar surface area (TPSA) is 60.7 Å². The van der Waals surface area contributed by atoms with Crippen LogP contribution in [0.3, 0.4) is 0 Å². The lowest BCUT2D eigenvalue weighted by Gasteiger charge is -2.07. The minimum Gasteiger partial charge on any atom is -0.455 e. The Balaban J connectivity index is 1.85. The van der Waals surface area contributed by atoms with Crippen molar-refractivity contribution in [1.82, 2.24) is 9.38 Å². The summed E-state index contributed by atoms with van der Waals surface area (Å²) >= 11 is 0. The highest BCUT2D eigenvalue weighted by molar-refractivity contribution is 5.89. The van der Waals surface area contributed by atoms with E-state index in [1.54, 1.807) is 18.3 Å². The van der Waals surface area contributed by atoms with Gasteiger partial charge in [0.15, 0.2) is 0 Å². The molecule has 0 N–H and O–H groups in total. The van der Waals surface area contributed by atoms with E-state index in [2.05, 4.69) is 4.98 Å². The number of benzene rings is 1. The predicted octanol–water partition coefficient (Wildman–Crippen LogP) is 2.50. The van der Waals surface area contributed by atoms with Crippen LogP contribution in [0.5, 0.6) is 0 Å². The van der Waals surface area contributed by atoms with Crippen LogP contribution in [-0.4, -0.2) is 15.4 Å². The molecule has 0 spiro atoms. The molecule has 0 saturated heterocycles. The van der Waals surface area contributed by atoms with E-state index in [1.165, 1.54) is 28.7 Å². The summed E-state index contributed by atoms with van der Waals surface area (Å²) in [7, 11) is 0. The highest BCUT2D eigenvalue weighted by Gasteiger charge is 2.13. The van der Waals surface area contributed by atoms with Crippen molar-refractivity contribution in [3.05, 3.63) is 81.7 Å². The first-order valence-electron chi connectivity index (χ1n) is 6.96. The Labute approximate surface area is 131 Å². The molecule has 5 nitrogen and oxygen atoms in total. The molecule has 0 bridgehead atoms. The first kappa shape index (κ1) is 14.9. The molecule has 0 aliphatic rings. The van der Waals surface area contributed by atoms with Crippen LogP contribution in [0.2, 0.25) is 0 Å². The van der Waals surface area contributed by atoms with Gasteiger partial charge in [-0.1, -0.05) is 18.2 Å². The van der Waals surface area contributed by atoms with Crippen LogP contribution in [0.25, 0.3) is 5.65 Å². The van der Waals surface area contributed by atoms with Gasteiger partial charge in [0.05, 0.1) is 11.3 Å². The zero-order valence-electron chi connectivity index (χ0n) is 12.3. The molecule has 0 aliphatic carbocycles. The van der Waals surface area contributed by atoms with Crippen LogP contribution < -0.4 is 5.56 Å². The fourth-order valence-corrected chi connectivity index (χ4v) is 2.23. The Bertz CT molecular complexity index is 950. The summed E-state index contributed by atoms with van der Waals surface area (Å²) in [5.74, 6) is -1.45. The average molecular weight is 312 g/mol. The van der Waals surface area contributed by atoms with Crippen LogP contribution in [0.15, 0.2) is 53.5 Å². The molecule has 0 amide bonds. The number of halogens is 1. The number of esters is 1. The van der Waals surface area contributed by atoms with Crippen LogP contribution in [0.1, 0.15) is 21.6 Å². The van der Waals surface area contributed by atoms with Gasteiger partial charge in [0.2, 0.25) is 0 Å². The molecule has 0 fully saturated rings. The Morgan fingerprint density at radius 3 is 2.83 bits per heavy atom. The molecule has 0 saturated carbocycles. The highest BCUT2D eigenvalue weighted by atomic mass is 19.1. The van der Waals surface area contributed by atoms with Crippen molar-refractivity contribution < 1.29 is 13.9 Å². The van der Waals surface area contributed by atoms with E-state index in [9.17, 15) is 14.0 Å². The minimum absolute atomic E-state index is 0.152. The van der Waals surface area contributed by atoms with Crippen LogP contribution in [0, 0.1) is 12.7 Å². The molecule has 2 heterocycles. The van der Waals surface area contributed by atoms with Crippen molar-refractivity contribution in [2.75, 3.05) is 0 Å². The van der Waals surface area contributed by atoms with Gasteiger partial charge in [-0.05, 0) is 30.7 Å². The maximum Gasteiger partial charge on any atom is 0.341 e. The van der Waals surface area contributed by atoms with Crippen LogP contribution in [0.4, 0.5) is 4.39 Å². The second-order valence-corrected chi connectivity index (χ2v) is 5.03. The third kappa shape index (κ3) is 2.96. The Morgan fingerprint density at radius 2 is 2.04 bits per heavy atom. The van der Waals surface area contributed by atoms with Crippen molar-refractivity contribution in [3.63, 3.8) is 0 Å². The number of aromatic nitrogens is 2. The third-order valence-corrected chi connectivity index (χ3v) is 3.38. The third-order valence-electron chi connectivity index (χ3n) is 3.38. The molecule has 1 aromatic carbocycles. The zero-order valence-corrected chi connectivity index (χ0v) is 12.3. The van der Waals surface area contributed by atoms with Crippen molar-refractivity contribution >= 4 is 11.6 Å². The summed E-state index contributed by atoms with van der Waals surface area (Å²) < 4.78 is 20.0. The van der Waals surface area contributed by atoms with Crippen molar-refractivity contribution in [2.45, 2.75) is 13.5 Å². The first-order chi connectivity index (χ1) is 11.1. The molecule has 0 radical (unpaired) electrons. The second kappa shape index (κ2) is 6.00. The largest absolute Gasteiger partial charge is 0.455 e. The molecular weight excluding hydrogens is 299 g/mol. The predicted molar refractivity (Wildman–Crippen MR) is 81.7 cm³/mol. The van der Waals surface area contributed by atoms with Crippen LogP contribution in [-0.2, 0) is 11.3 Å². The smallest absolute Gasteiger partial charge is 0.341 e. The molecule has 0 unspecified atom stereocenters. The summed E-state index contributed by atoms with van der Waals surface area (Å²) in [4.78, 5) is 28.2. The van der Waals surface area contributed by atoms with Crippen molar-refractivity contribution in [3.8, 4) is 0 Å². The monoisotopic (exact) mass is 312 g/mol. The van der Waals surface area contributed by atoms with E-state index in [4.69, 9.17) is 4.74 Å². The lowest BCUT2D eigenvalue weighted by molar-refractivity contribution is 0.0462. The molecule has 3 aromatic rings. The summed E-state index contributed by atoms with van der Waals surface area (Å²) in [6.07, 6.45) is 1.62. The number of hydrogen-bond acceptors (Lipinski definition) is 4. The van der Waals surface area contributed by atoms with Gasteiger partial charge in [0, 0.05) is 12.3 Å². The van der Waals surface area contributed by atoms with Gasteiger partial charge in [0.25, 0.3) is 5.56 Å². The molecular formula is C17H13FN2O3. The zero-order chi connectivity index (χ0) is 16.4. The lowest BCUT2D eigenvalue weighted by atomic mass is 10.2. The van der Waals surface area contributed by atoms with Gasteiger partial charge in [-0.25, -0.2) is 14.2 Å². The number of pyridine rings is 1. The molecule has 23 heavy (non-hydrogen) atoms. The van der Waals surface area contributed by atoms with Gasteiger partial charge in [0.1, 0.15) is 18.1 Å². The average Bonchev–Trinajstić information content (AvgIpc) is 2.54. The summed E-state index contributed by atoms with van der Waals surface area (Å²) in [6.45, 7) is 1.63. The van der Waals surface area contributed by atoms with Crippen LogP contribution >= 0.6 is 0 Å². The number of ether oxygens (including phenoxy) is 1. The van der Waals surface area contributed by atoms with Gasteiger partial charge in [-0.2, -0.15) is 0 Å². The maximum atomic E-state index is 13.5. The lowest BCUT2D eigenvalue weighted by Crippen LogP contribution is -2.17. The Hall–Kier alpha value is -3.02. The summed E-state index contributed by atoms with van der Waals surface area (Å²) in [5.41, 5.74) is 1.22. The van der Waals surface area contributed by atoms with Crippen molar-refractivity contribution in [1.29, 1.82) is 0 Å². The molecule has 6 heteroatoms. The Morgan fingerprint density at radius 1 is 1.26 bits per heavy atom. The quantitative estimate of drug-likeness (QED) is 0.697. The van der Waals surface area contributed by atoms with Crippen molar-refractivity contribution in [2.24, 2.45) is 0 Å².